The summed E-state index contributed by atoms with van der Waals surface area (Å²) in [5.74, 6) is -2.58. The summed E-state index contributed by atoms with van der Waals surface area (Å²) in [5, 5.41) is 17.7. The fraction of sp³-hybridized carbons (Fsp3) is 0.429. The molecule has 10 heteroatoms. The first-order valence-corrected chi connectivity index (χ1v) is 10.2. The van der Waals surface area contributed by atoms with Crippen LogP contribution in [0.25, 0.3) is 10.9 Å². The molecule has 1 aliphatic carbocycles. The molecule has 4 rings (SSSR count). The number of fused-ring (bicyclic) bond motifs is 3. The molecule has 164 valence electrons. The molecular formula is C21H23FN4O5. The fourth-order valence-corrected chi connectivity index (χ4v) is 3.94. The van der Waals surface area contributed by atoms with Crippen LogP contribution in [0.2, 0.25) is 0 Å². The van der Waals surface area contributed by atoms with E-state index in [1.807, 2.05) is 0 Å². The second kappa shape index (κ2) is 8.01. The number of carbonyl (C=O) groups is 3. The summed E-state index contributed by atoms with van der Waals surface area (Å²) in [6, 6.07) is 0.385. The van der Waals surface area contributed by atoms with Gasteiger partial charge in [0.25, 0.3) is 0 Å². The smallest absolute Gasteiger partial charge is 0.341 e. The Balaban J connectivity index is 1.69. The summed E-state index contributed by atoms with van der Waals surface area (Å²) >= 11 is 0. The largest absolute Gasteiger partial charge is 0.477 e. The van der Waals surface area contributed by atoms with Crippen LogP contribution in [0.4, 0.5) is 15.8 Å². The van der Waals surface area contributed by atoms with Gasteiger partial charge >= 0.3 is 5.97 Å². The zero-order valence-electron chi connectivity index (χ0n) is 17.0. The van der Waals surface area contributed by atoms with Gasteiger partial charge in [-0.2, -0.15) is 0 Å². The van der Waals surface area contributed by atoms with E-state index in [4.69, 9.17) is 0 Å². The summed E-state index contributed by atoms with van der Waals surface area (Å²) in [6.45, 7) is 1.93. The van der Waals surface area contributed by atoms with Crippen molar-refractivity contribution in [1.29, 1.82) is 0 Å². The van der Waals surface area contributed by atoms with Gasteiger partial charge in [-0.25, -0.2) is 9.18 Å². The van der Waals surface area contributed by atoms with E-state index in [1.165, 1.54) is 13.1 Å². The number of pyridine rings is 1. The van der Waals surface area contributed by atoms with E-state index in [1.54, 1.807) is 4.57 Å². The number of unbranched alkanes of at least 4 members (excludes halogenated alkanes) is 1. The number of carboxylic acids is 1. The van der Waals surface area contributed by atoms with E-state index in [0.29, 0.717) is 31.3 Å². The van der Waals surface area contributed by atoms with Crippen LogP contribution in [-0.2, 0) is 9.59 Å². The topological polar surface area (TPSA) is 130 Å². The Bertz CT molecular complexity index is 1150. The number of aromatic carboxylic acids is 1. The first-order valence-electron chi connectivity index (χ1n) is 10.2. The van der Waals surface area contributed by atoms with Gasteiger partial charge in [0.1, 0.15) is 17.4 Å². The zero-order valence-corrected chi connectivity index (χ0v) is 17.0. The third kappa shape index (κ3) is 3.97. The summed E-state index contributed by atoms with van der Waals surface area (Å²) in [5.41, 5.74) is -0.619. The van der Waals surface area contributed by atoms with E-state index in [9.17, 15) is 28.7 Å². The number of benzene rings is 1. The number of carbonyl (C=O) groups excluding carboxylic acids is 2. The maximum Gasteiger partial charge on any atom is 0.341 e. The maximum atomic E-state index is 14.9. The lowest BCUT2D eigenvalue weighted by molar-refractivity contribution is -0.119. The van der Waals surface area contributed by atoms with Crippen LogP contribution in [0.5, 0.6) is 0 Å². The summed E-state index contributed by atoms with van der Waals surface area (Å²) in [7, 11) is 0. The van der Waals surface area contributed by atoms with Crippen LogP contribution in [0, 0.1) is 5.82 Å². The molecule has 0 bridgehead atoms. The summed E-state index contributed by atoms with van der Waals surface area (Å²) in [6.07, 6.45) is 4.66. The van der Waals surface area contributed by atoms with E-state index >= 15 is 0 Å². The first kappa shape index (κ1) is 20.8. The van der Waals surface area contributed by atoms with Crippen molar-refractivity contribution in [2.75, 3.05) is 17.2 Å². The molecule has 1 atom stereocenters. The van der Waals surface area contributed by atoms with Crippen LogP contribution in [0.3, 0.4) is 0 Å². The molecule has 0 radical (unpaired) electrons. The summed E-state index contributed by atoms with van der Waals surface area (Å²) < 4.78 is 16.6. The number of nitrogens with zero attached hydrogens (tertiary/aromatic N) is 1. The third-order valence-corrected chi connectivity index (χ3v) is 5.61. The van der Waals surface area contributed by atoms with Crippen molar-refractivity contribution in [1.82, 2.24) is 9.88 Å². The minimum atomic E-state index is -1.37. The van der Waals surface area contributed by atoms with E-state index < -0.39 is 28.8 Å². The molecule has 0 saturated heterocycles. The van der Waals surface area contributed by atoms with Crippen molar-refractivity contribution in [3.8, 4) is 0 Å². The minimum absolute atomic E-state index is 0.000775. The SMILES string of the molecule is CC(=O)NCCCC[C@@H]1Nc2c(F)cc3c(=O)c(C(=O)O)cn(C4CC4)c3c2NC1=O. The molecule has 2 heterocycles. The molecule has 4 N–H and O–H groups in total. The molecule has 1 aliphatic heterocycles. The number of hydrogen-bond donors (Lipinski definition) is 4. The van der Waals surface area contributed by atoms with Crippen LogP contribution in [0.1, 0.15) is 55.4 Å². The molecule has 2 aromatic rings. The molecule has 1 fully saturated rings. The Morgan fingerprint density at radius 2 is 2.00 bits per heavy atom. The Hall–Kier alpha value is -3.43. The molecule has 0 spiro atoms. The van der Waals surface area contributed by atoms with Crippen molar-refractivity contribution in [3.05, 3.63) is 33.9 Å². The summed E-state index contributed by atoms with van der Waals surface area (Å²) in [4.78, 5) is 47.8. The quantitative estimate of drug-likeness (QED) is 0.499. The Kier molecular flexibility index (Phi) is 5.38. The molecule has 31 heavy (non-hydrogen) atoms. The Morgan fingerprint density at radius 1 is 1.26 bits per heavy atom. The predicted molar refractivity (Wildman–Crippen MR) is 112 cm³/mol. The molecular weight excluding hydrogens is 407 g/mol. The maximum absolute atomic E-state index is 14.9. The number of nitrogens with one attached hydrogen (secondary N) is 3. The van der Waals surface area contributed by atoms with Crippen LogP contribution < -0.4 is 21.4 Å². The average molecular weight is 430 g/mol. The number of halogens is 1. The van der Waals surface area contributed by atoms with E-state index in [-0.39, 0.29) is 34.6 Å². The predicted octanol–water partition coefficient (Wildman–Crippen LogP) is 2.21. The van der Waals surface area contributed by atoms with Gasteiger partial charge in [0.05, 0.1) is 22.3 Å². The molecule has 1 aromatic carbocycles. The average Bonchev–Trinajstić information content (AvgIpc) is 3.54. The second-order valence-electron chi connectivity index (χ2n) is 7.98. The fourth-order valence-electron chi connectivity index (χ4n) is 3.94. The Morgan fingerprint density at radius 3 is 2.65 bits per heavy atom. The highest BCUT2D eigenvalue weighted by Gasteiger charge is 2.33. The standard InChI is InChI=1S/C21H23FN4O5/c1-10(27)23-7-3-2-4-15-20(29)25-17-16(24-15)14(22)8-12-18(17)26(11-5-6-11)9-13(19(12)28)21(30)31/h8-9,11,15,24H,2-7H2,1H3,(H,23,27)(H,25,29)(H,30,31)/t15-/m0/s1. The monoisotopic (exact) mass is 430 g/mol. The van der Waals surface area contributed by atoms with E-state index in [2.05, 4.69) is 16.0 Å². The molecule has 2 amide bonds. The molecule has 1 aromatic heterocycles. The highest BCUT2D eigenvalue weighted by atomic mass is 19.1. The second-order valence-corrected chi connectivity index (χ2v) is 7.98. The van der Waals surface area contributed by atoms with Gasteiger partial charge < -0.3 is 25.6 Å². The van der Waals surface area contributed by atoms with Crippen molar-refractivity contribution < 1.29 is 23.9 Å². The highest BCUT2D eigenvalue weighted by Crippen LogP contribution is 2.42. The minimum Gasteiger partial charge on any atom is -0.477 e. The molecule has 2 aliphatic rings. The van der Waals surface area contributed by atoms with Gasteiger partial charge in [0.2, 0.25) is 17.2 Å². The van der Waals surface area contributed by atoms with Gasteiger partial charge in [0.15, 0.2) is 0 Å². The van der Waals surface area contributed by atoms with Gasteiger partial charge in [-0.15, -0.1) is 0 Å². The lowest BCUT2D eigenvalue weighted by Gasteiger charge is -2.29. The third-order valence-electron chi connectivity index (χ3n) is 5.61. The van der Waals surface area contributed by atoms with Gasteiger partial charge in [0, 0.05) is 25.7 Å². The normalized spacial score (nSPS) is 17.6. The van der Waals surface area contributed by atoms with Gasteiger partial charge in [-0.1, -0.05) is 0 Å². The van der Waals surface area contributed by atoms with Gasteiger partial charge in [-0.05, 0) is 38.2 Å². The lowest BCUT2D eigenvalue weighted by atomic mass is 10.0. The van der Waals surface area contributed by atoms with Gasteiger partial charge in [-0.3, -0.25) is 14.4 Å². The number of rotatable bonds is 7. The number of amides is 2. The van der Waals surface area contributed by atoms with Crippen molar-refractivity contribution in [3.63, 3.8) is 0 Å². The van der Waals surface area contributed by atoms with Crippen LogP contribution in [0.15, 0.2) is 17.1 Å². The van der Waals surface area contributed by atoms with Crippen molar-refractivity contribution in [2.45, 2.75) is 51.1 Å². The number of carboxylic acid groups (broad SMARTS) is 1. The Labute approximate surface area is 176 Å². The number of anilines is 2. The molecule has 1 saturated carbocycles. The molecule has 0 unspecified atom stereocenters. The zero-order chi connectivity index (χ0) is 22.3. The van der Waals surface area contributed by atoms with Crippen LogP contribution in [-0.4, -0.2) is 40.0 Å². The van der Waals surface area contributed by atoms with Crippen LogP contribution >= 0.6 is 0 Å². The first-order chi connectivity index (χ1) is 14.8. The van der Waals surface area contributed by atoms with Crippen molar-refractivity contribution >= 4 is 40.1 Å². The number of aromatic nitrogens is 1. The lowest BCUT2D eigenvalue weighted by Crippen LogP contribution is -2.40. The van der Waals surface area contributed by atoms with E-state index in [0.717, 1.165) is 18.9 Å². The van der Waals surface area contributed by atoms with Crippen molar-refractivity contribution in [2.24, 2.45) is 0 Å². The molecule has 9 nitrogen and oxygen atoms in total. The highest BCUT2D eigenvalue weighted by molar-refractivity contribution is 6.11. The number of hydrogen-bond acceptors (Lipinski definition) is 5.